The van der Waals surface area contributed by atoms with E-state index in [4.69, 9.17) is 9.47 Å². The van der Waals surface area contributed by atoms with Gasteiger partial charge in [-0.25, -0.2) is 4.98 Å². The van der Waals surface area contributed by atoms with Crippen LogP contribution in [0.4, 0.5) is 0 Å². The summed E-state index contributed by atoms with van der Waals surface area (Å²) in [6.45, 7) is 11.1. The average Bonchev–Trinajstić information content (AvgIpc) is 3.29. The fourth-order valence-corrected chi connectivity index (χ4v) is 5.03. The van der Waals surface area contributed by atoms with Crippen LogP contribution in [-0.4, -0.2) is 40.4 Å². The van der Waals surface area contributed by atoms with E-state index in [2.05, 4.69) is 37.7 Å². The van der Waals surface area contributed by atoms with Gasteiger partial charge in [0.2, 0.25) is 0 Å². The van der Waals surface area contributed by atoms with E-state index < -0.39 is 11.2 Å². The molecule has 0 aliphatic carbocycles. The van der Waals surface area contributed by atoms with Crippen molar-refractivity contribution in [1.29, 1.82) is 0 Å². The highest BCUT2D eigenvalue weighted by Crippen LogP contribution is 2.30. The molecule has 0 aliphatic rings. The summed E-state index contributed by atoms with van der Waals surface area (Å²) in [4.78, 5) is 34.1. The largest absolute Gasteiger partial charge is 0.465 e. The van der Waals surface area contributed by atoms with Crippen molar-refractivity contribution in [2.75, 3.05) is 13.2 Å². The maximum Gasteiger partial charge on any atom is 0.320 e. The van der Waals surface area contributed by atoms with Gasteiger partial charge in [-0.15, -0.1) is 0 Å². The number of H-pyrrole nitrogens is 1. The number of carbonyl (C=O) groups is 2. The van der Waals surface area contributed by atoms with E-state index in [1.54, 1.807) is 6.92 Å². The van der Waals surface area contributed by atoms with Gasteiger partial charge in [-0.1, -0.05) is 97.0 Å². The topological polar surface area (TPSA) is 81.3 Å². The van der Waals surface area contributed by atoms with Crippen LogP contribution in [0.5, 0.6) is 0 Å². The molecule has 35 heavy (non-hydrogen) atoms. The van der Waals surface area contributed by atoms with Crippen molar-refractivity contribution >= 4 is 34.7 Å². The predicted octanol–water partition coefficient (Wildman–Crippen LogP) is 7.18. The number of benzene rings is 1. The molecular formula is C28H44N2O4S. The monoisotopic (exact) mass is 504 g/mol. The molecule has 2 aromatic rings. The Kier molecular flexibility index (Phi) is 13.2. The zero-order chi connectivity index (χ0) is 25.6. The van der Waals surface area contributed by atoms with Crippen LogP contribution in [0.1, 0.15) is 86.0 Å². The van der Waals surface area contributed by atoms with Crippen molar-refractivity contribution in [2.45, 2.75) is 96.4 Å². The first-order valence-corrected chi connectivity index (χ1v) is 14.3. The number of imidazole rings is 1. The molecular weight excluding hydrogens is 460 g/mol. The minimum absolute atomic E-state index is 0.335. The lowest BCUT2D eigenvalue weighted by atomic mass is 10.0. The standard InChI is InChI=1S/C28H44N2O4S/c1-6-10-14-21(8-3)18-33-26(31)20(5)25(27(32)34-19-22(9-4)15-11-7-2)35-28-29-23-16-12-13-17-24(23)30-28/h12-13,16-17,20-22,25H,6-11,14-15,18-19H2,1-5H3,(H,29,30). The van der Waals surface area contributed by atoms with Gasteiger partial charge in [-0.2, -0.15) is 0 Å². The van der Waals surface area contributed by atoms with Crippen LogP contribution in [0.25, 0.3) is 11.0 Å². The number of hydrogen-bond donors (Lipinski definition) is 1. The fraction of sp³-hybridized carbons (Fsp3) is 0.679. The summed E-state index contributed by atoms with van der Waals surface area (Å²) in [5.41, 5.74) is 1.72. The molecule has 7 heteroatoms. The number of esters is 2. The molecule has 0 saturated carbocycles. The van der Waals surface area contributed by atoms with Gasteiger partial charge in [0.05, 0.1) is 30.2 Å². The molecule has 0 radical (unpaired) electrons. The second-order valence-electron chi connectivity index (χ2n) is 9.48. The second-order valence-corrected chi connectivity index (χ2v) is 10.6. The Morgan fingerprint density at radius 2 is 1.49 bits per heavy atom. The molecule has 0 aliphatic heterocycles. The zero-order valence-electron chi connectivity index (χ0n) is 22.2. The Balaban J connectivity index is 2.11. The molecule has 1 aromatic heterocycles. The number of rotatable bonds is 17. The van der Waals surface area contributed by atoms with E-state index in [0.717, 1.165) is 62.4 Å². The molecule has 0 saturated heterocycles. The third-order valence-corrected chi connectivity index (χ3v) is 7.94. The summed E-state index contributed by atoms with van der Waals surface area (Å²) in [6, 6.07) is 7.72. The Hall–Kier alpha value is -2.02. The lowest BCUT2D eigenvalue weighted by molar-refractivity contribution is -0.155. The minimum Gasteiger partial charge on any atom is -0.465 e. The Bertz CT molecular complexity index is 867. The lowest BCUT2D eigenvalue weighted by Crippen LogP contribution is -2.34. The number of nitrogens with one attached hydrogen (secondary N) is 1. The number of hydrogen-bond acceptors (Lipinski definition) is 6. The van der Waals surface area contributed by atoms with E-state index in [1.807, 2.05) is 24.3 Å². The van der Waals surface area contributed by atoms with E-state index >= 15 is 0 Å². The molecule has 1 N–H and O–H groups in total. The third-order valence-electron chi connectivity index (χ3n) is 6.67. The van der Waals surface area contributed by atoms with Gasteiger partial charge in [0, 0.05) is 0 Å². The van der Waals surface area contributed by atoms with Crippen LogP contribution in [-0.2, 0) is 19.1 Å². The normalized spacial score (nSPS) is 14.9. The summed E-state index contributed by atoms with van der Waals surface area (Å²) in [7, 11) is 0. The maximum absolute atomic E-state index is 13.2. The van der Waals surface area contributed by atoms with Crippen LogP contribution in [0, 0.1) is 17.8 Å². The molecule has 4 atom stereocenters. The van der Waals surface area contributed by atoms with Gasteiger partial charge in [-0.3, -0.25) is 9.59 Å². The number of unbranched alkanes of at least 4 members (excludes halogenated alkanes) is 2. The molecule has 0 spiro atoms. The Morgan fingerprint density at radius 3 is 2.03 bits per heavy atom. The first-order chi connectivity index (χ1) is 16.9. The summed E-state index contributed by atoms with van der Waals surface area (Å²) in [5, 5.41) is -0.136. The van der Waals surface area contributed by atoms with Crippen LogP contribution < -0.4 is 0 Å². The SMILES string of the molecule is CCCCC(CC)COC(=O)C(C)C(Sc1nc2ccccc2[nH]1)C(=O)OCC(CC)CCCC. The van der Waals surface area contributed by atoms with Crippen molar-refractivity contribution in [3.63, 3.8) is 0 Å². The van der Waals surface area contributed by atoms with Gasteiger partial charge < -0.3 is 14.5 Å². The summed E-state index contributed by atoms with van der Waals surface area (Å²) in [6.07, 6.45) is 8.50. The van der Waals surface area contributed by atoms with E-state index in [0.29, 0.717) is 30.2 Å². The summed E-state index contributed by atoms with van der Waals surface area (Å²) in [5.74, 6) is -0.707. The van der Waals surface area contributed by atoms with E-state index in [9.17, 15) is 9.59 Å². The second kappa shape index (κ2) is 15.9. The summed E-state index contributed by atoms with van der Waals surface area (Å²) < 4.78 is 11.5. The van der Waals surface area contributed by atoms with Gasteiger partial charge in [0.25, 0.3) is 0 Å². The van der Waals surface area contributed by atoms with Gasteiger partial charge >= 0.3 is 11.9 Å². The smallest absolute Gasteiger partial charge is 0.320 e. The maximum atomic E-state index is 13.2. The summed E-state index contributed by atoms with van der Waals surface area (Å²) >= 11 is 1.25. The van der Waals surface area contributed by atoms with Crippen molar-refractivity contribution in [3.05, 3.63) is 24.3 Å². The van der Waals surface area contributed by atoms with Gasteiger partial charge in [0.15, 0.2) is 5.16 Å². The van der Waals surface area contributed by atoms with Crippen LogP contribution in [0.3, 0.4) is 0 Å². The van der Waals surface area contributed by atoms with Crippen LogP contribution in [0.15, 0.2) is 29.4 Å². The molecule has 6 nitrogen and oxygen atoms in total. The van der Waals surface area contributed by atoms with Crippen molar-refractivity contribution in [3.8, 4) is 0 Å². The molecule has 196 valence electrons. The quantitative estimate of drug-likeness (QED) is 0.181. The lowest BCUT2D eigenvalue weighted by Gasteiger charge is -2.23. The highest BCUT2D eigenvalue weighted by Gasteiger charge is 2.35. The number of para-hydroxylation sites is 2. The number of aromatic nitrogens is 2. The van der Waals surface area contributed by atoms with Crippen molar-refractivity contribution < 1.29 is 19.1 Å². The fourth-order valence-electron chi connectivity index (χ4n) is 3.99. The molecule has 1 heterocycles. The van der Waals surface area contributed by atoms with E-state index in [-0.39, 0.29) is 11.9 Å². The minimum atomic E-state index is -0.734. The van der Waals surface area contributed by atoms with Crippen molar-refractivity contribution in [2.24, 2.45) is 17.8 Å². The molecule has 2 rings (SSSR count). The Morgan fingerprint density at radius 1 is 0.914 bits per heavy atom. The first-order valence-electron chi connectivity index (χ1n) is 13.4. The van der Waals surface area contributed by atoms with Gasteiger partial charge in [0.1, 0.15) is 5.25 Å². The van der Waals surface area contributed by atoms with Crippen molar-refractivity contribution in [1.82, 2.24) is 9.97 Å². The number of nitrogens with zero attached hydrogens (tertiary/aromatic N) is 1. The van der Waals surface area contributed by atoms with Crippen LogP contribution >= 0.6 is 11.8 Å². The van der Waals surface area contributed by atoms with E-state index in [1.165, 1.54) is 11.8 Å². The number of fused-ring (bicyclic) bond motifs is 1. The van der Waals surface area contributed by atoms with Gasteiger partial charge in [-0.05, 0) is 36.8 Å². The third kappa shape index (κ3) is 9.51. The number of ether oxygens (including phenoxy) is 2. The average molecular weight is 505 g/mol. The molecule has 1 aromatic carbocycles. The first kappa shape index (κ1) is 29.2. The zero-order valence-corrected chi connectivity index (χ0v) is 23.0. The number of carbonyl (C=O) groups excluding carboxylic acids is 2. The highest BCUT2D eigenvalue weighted by molar-refractivity contribution is 8.00. The van der Waals surface area contributed by atoms with Crippen LogP contribution in [0.2, 0.25) is 0 Å². The predicted molar refractivity (Wildman–Crippen MR) is 143 cm³/mol. The molecule has 0 amide bonds. The number of aromatic amines is 1. The molecule has 0 bridgehead atoms. The molecule has 0 fully saturated rings. The Labute approximate surface area is 215 Å². The number of thioether (sulfide) groups is 1. The molecule has 4 unspecified atom stereocenters. The highest BCUT2D eigenvalue weighted by atomic mass is 32.2.